The van der Waals surface area contributed by atoms with Crippen molar-refractivity contribution >= 4 is 5.91 Å². The molecule has 0 aliphatic carbocycles. The number of nitrogens with one attached hydrogen (secondary N) is 1. The quantitative estimate of drug-likeness (QED) is 0.845. The van der Waals surface area contributed by atoms with Gasteiger partial charge in [-0.3, -0.25) is 15.0 Å². The van der Waals surface area contributed by atoms with Crippen LogP contribution in [0.15, 0.2) is 30.3 Å². The fourth-order valence-electron chi connectivity index (χ4n) is 3.50. The van der Waals surface area contributed by atoms with Crippen molar-refractivity contribution in [1.82, 2.24) is 10.2 Å². The number of hydrogen-bond donors (Lipinski definition) is 2. The summed E-state index contributed by atoms with van der Waals surface area (Å²) in [6, 6.07) is 10.3. The average Bonchev–Trinajstić information content (AvgIpc) is 2.46. The van der Waals surface area contributed by atoms with Gasteiger partial charge in [0.25, 0.3) is 0 Å². The molecule has 3 aliphatic rings. The summed E-state index contributed by atoms with van der Waals surface area (Å²) in [7, 11) is 0. The lowest BCUT2D eigenvalue weighted by Crippen LogP contribution is -2.63. The molecule has 1 aromatic carbocycles. The van der Waals surface area contributed by atoms with Crippen molar-refractivity contribution in [3.8, 4) is 0 Å². The highest BCUT2D eigenvalue weighted by Crippen LogP contribution is 2.35. The first kappa shape index (κ1) is 12.6. The summed E-state index contributed by atoms with van der Waals surface area (Å²) < 4.78 is 0. The van der Waals surface area contributed by atoms with E-state index in [1.165, 1.54) is 5.56 Å². The predicted octanol–water partition coefficient (Wildman–Crippen LogP) is 0.929. The van der Waals surface area contributed by atoms with Gasteiger partial charge in [0.15, 0.2) is 0 Å². The second kappa shape index (κ2) is 5.31. The zero-order valence-corrected chi connectivity index (χ0v) is 11.1. The van der Waals surface area contributed by atoms with Crippen molar-refractivity contribution in [2.24, 2.45) is 17.6 Å². The monoisotopic (exact) mass is 259 g/mol. The second-order valence-electron chi connectivity index (χ2n) is 5.61. The van der Waals surface area contributed by atoms with E-state index in [-0.39, 0.29) is 18.0 Å². The highest BCUT2D eigenvalue weighted by molar-refractivity contribution is 5.78. The van der Waals surface area contributed by atoms with E-state index in [1.807, 2.05) is 18.2 Å². The van der Waals surface area contributed by atoms with Gasteiger partial charge in [0.1, 0.15) is 0 Å². The van der Waals surface area contributed by atoms with Gasteiger partial charge in [-0.2, -0.15) is 0 Å². The summed E-state index contributed by atoms with van der Waals surface area (Å²) in [5.41, 5.74) is 6.85. The maximum absolute atomic E-state index is 11.7. The van der Waals surface area contributed by atoms with E-state index in [4.69, 9.17) is 5.73 Å². The summed E-state index contributed by atoms with van der Waals surface area (Å²) >= 11 is 0. The number of nitrogens with zero attached hydrogens (tertiary/aromatic N) is 1. The van der Waals surface area contributed by atoms with Crippen molar-refractivity contribution in [2.75, 3.05) is 13.1 Å². The smallest absolute Gasteiger partial charge is 0.223 e. The van der Waals surface area contributed by atoms with Crippen LogP contribution in [0.25, 0.3) is 0 Å². The van der Waals surface area contributed by atoms with Gasteiger partial charge in [0, 0.05) is 6.54 Å². The third kappa shape index (κ3) is 2.51. The first-order valence-electron chi connectivity index (χ1n) is 7.06. The van der Waals surface area contributed by atoms with E-state index in [0.29, 0.717) is 5.92 Å². The Hall–Kier alpha value is -1.39. The Kier molecular flexibility index (Phi) is 3.53. The van der Waals surface area contributed by atoms with Crippen molar-refractivity contribution in [2.45, 2.75) is 25.6 Å². The number of amides is 1. The number of primary amides is 1. The minimum Gasteiger partial charge on any atom is -0.369 e. The van der Waals surface area contributed by atoms with Crippen LogP contribution in [0.1, 0.15) is 18.4 Å². The number of rotatable bonds is 4. The molecular weight excluding hydrogens is 238 g/mol. The van der Waals surface area contributed by atoms with Gasteiger partial charge in [-0.05, 0) is 37.4 Å². The Morgan fingerprint density at radius 3 is 2.58 bits per heavy atom. The van der Waals surface area contributed by atoms with Gasteiger partial charge in [0.05, 0.1) is 12.1 Å². The van der Waals surface area contributed by atoms with Crippen LogP contribution in [-0.2, 0) is 11.3 Å². The van der Waals surface area contributed by atoms with Crippen LogP contribution in [0.2, 0.25) is 0 Å². The number of carbonyl (C=O) groups excluding carboxylic acids is 1. The van der Waals surface area contributed by atoms with E-state index in [9.17, 15) is 4.79 Å². The molecule has 2 atom stereocenters. The highest BCUT2D eigenvalue weighted by atomic mass is 16.1. The molecule has 0 saturated carbocycles. The van der Waals surface area contributed by atoms with Gasteiger partial charge in [-0.15, -0.1) is 0 Å². The standard InChI is InChI=1S/C15H21N3O/c16-14(19)13-12-6-8-18(9-7-12)15(13)17-10-11-4-2-1-3-5-11/h1-5,12-13,15,17H,6-10H2,(H2,16,19). The molecule has 3 heterocycles. The summed E-state index contributed by atoms with van der Waals surface area (Å²) in [6.45, 7) is 2.96. The molecule has 4 heteroatoms. The number of nitrogens with two attached hydrogens (primary N) is 1. The van der Waals surface area contributed by atoms with Crippen molar-refractivity contribution < 1.29 is 4.79 Å². The van der Waals surface area contributed by atoms with E-state index in [2.05, 4.69) is 22.3 Å². The Balaban J connectivity index is 1.69. The molecule has 4 nitrogen and oxygen atoms in total. The summed E-state index contributed by atoms with van der Waals surface area (Å²) in [4.78, 5) is 14.1. The van der Waals surface area contributed by atoms with Crippen LogP contribution in [-0.4, -0.2) is 30.1 Å². The van der Waals surface area contributed by atoms with Crippen molar-refractivity contribution in [3.05, 3.63) is 35.9 Å². The molecule has 0 aromatic heterocycles. The lowest BCUT2D eigenvalue weighted by Gasteiger charge is -2.50. The Morgan fingerprint density at radius 2 is 1.95 bits per heavy atom. The molecule has 102 valence electrons. The average molecular weight is 259 g/mol. The Bertz CT molecular complexity index is 440. The second-order valence-corrected chi connectivity index (χ2v) is 5.61. The van der Waals surface area contributed by atoms with E-state index in [0.717, 1.165) is 32.5 Å². The number of hydrogen-bond acceptors (Lipinski definition) is 3. The molecule has 3 fully saturated rings. The zero-order valence-electron chi connectivity index (χ0n) is 11.1. The predicted molar refractivity (Wildman–Crippen MR) is 74.1 cm³/mol. The third-order valence-electron chi connectivity index (χ3n) is 4.50. The zero-order chi connectivity index (χ0) is 13.2. The van der Waals surface area contributed by atoms with Gasteiger partial charge in [-0.1, -0.05) is 30.3 Å². The molecule has 1 amide bonds. The maximum atomic E-state index is 11.7. The summed E-state index contributed by atoms with van der Waals surface area (Å²) in [5.74, 6) is 0.280. The van der Waals surface area contributed by atoms with Gasteiger partial charge in [-0.25, -0.2) is 0 Å². The topological polar surface area (TPSA) is 58.4 Å². The molecule has 2 unspecified atom stereocenters. The molecule has 0 radical (unpaired) electrons. The normalized spacial score (nSPS) is 33.3. The molecule has 3 N–H and O–H groups in total. The molecule has 4 rings (SSSR count). The van der Waals surface area contributed by atoms with Gasteiger partial charge < -0.3 is 5.73 Å². The Morgan fingerprint density at radius 1 is 1.26 bits per heavy atom. The van der Waals surface area contributed by atoms with E-state index in [1.54, 1.807) is 0 Å². The Labute approximate surface area is 114 Å². The molecular formula is C15H21N3O. The van der Waals surface area contributed by atoms with Crippen LogP contribution >= 0.6 is 0 Å². The minimum atomic E-state index is -0.153. The van der Waals surface area contributed by atoms with E-state index < -0.39 is 0 Å². The minimum absolute atomic E-state index is 0.0359. The van der Waals surface area contributed by atoms with Crippen LogP contribution in [0.3, 0.4) is 0 Å². The molecule has 2 bridgehead atoms. The molecule has 0 spiro atoms. The fraction of sp³-hybridized carbons (Fsp3) is 0.533. The van der Waals surface area contributed by atoms with Crippen molar-refractivity contribution in [3.63, 3.8) is 0 Å². The van der Waals surface area contributed by atoms with Crippen LogP contribution < -0.4 is 11.1 Å². The SMILES string of the molecule is NC(=O)C1C2CCN(CC2)C1NCc1ccccc1. The largest absolute Gasteiger partial charge is 0.369 e. The lowest BCUT2D eigenvalue weighted by atomic mass is 9.76. The van der Waals surface area contributed by atoms with Crippen LogP contribution in [0.4, 0.5) is 0 Å². The number of piperidine rings is 3. The third-order valence-corrected chi connectivity index (χ3v) is 4.50. The first-order chi connectivity index (χ1) is 9.25. The lowest BCUT2D eigenvalue weighted by molar-refractivity contribution is -0.133. The number of benzene rings is 1. The molecule has 3 saturated heterocycles. The molecule has 1 aromatic rings. The van der Waals surface area contributed by atoms with Crippen LogP contribution in [0.5, 0.6) is 0 Å². The number of carbonyl (C=O) groups is 1. The summed E-state index contributed by atoms with van der Waals surface area (Å²) in [6.07, 6.45) is 2.33. The van der Waals surface area contributed by atoms with Gasteiger partial charge in [0.2, 0.25) is 5.91 Å². The van der Waals surface area contributed by atoms with Crippen molar-refractivity contribution in [1.29, 1.82) is 0 Å². The molecule has 3 aliphatic heterocycles. The fourth-order valence-corrected chi connectivity index (χ4v) is 3.50. The molecule has 19 heavy (non-hydrogen) atoms. The first-order valence-corrected chi connectivity index (χ1v) is 7.06. The highest BCUT2D eigenvalue weighted by Gasteiger charge is 2.44. The number of fused-ring (bicyclic) bond motifs is 3. The summed E-state index contributed by atoms with van der Waals surface area (Å²) in [5, 5.41) is 3.53. The van der Waals surface area contributed by atoms with Gasteiger partial charge >= 0.3 is 0 Å². The van der Waals surface area contributed by atoms with E-state index >= 15 is 0 Å². The van der Waals surface area contributed by atoms with Crippen LogP contribution in [0, 0.1) is 11.8 Å². The maximum Gasteiger partial charge on any atom is 0.223 e.